The van der Waals surface area contributed by atoms with E-state index in [2.05, 4.69) is 77.2 Å². The monoisotopic (exact) mass is 736 g/mol. The molecule has 42 heavy (non-hydrogen) atoms. The van der Waals surface area contributed by atoms with Gasteiger partial charge in [0.1, 0.15) is 0 Å². The molecule has 0 atom stereocenters. The van der Waals surface area contributed by atoms with E-state index in [4.69, 9.17) is 0 Å². The molecule has 0 aromatic heterocycles. The van der Waals surface area contributed by atoms with E-state index in [1.807, 2.05) is 67.1 Å². The van der Waals surface area contributed by atoms with Gasteiger partial charge in [-0.15, -0.1) is 0 Å². The molecular formula is C30H42N8O3Yb. The number of likely N-dealkylation sites (N-methyl/N-ethyl adjacent to an activating group) is 1. The van der Waals surface area contributed by atoms with Crippen molar-refractivity contribution in [1.29, 1.82) is 0 Å². The van der Waals surface area contributed by atoms with Crippen molar-refractivity contribution in [3.05, 3.63) is 59.7 Å². The molecule has 2 aromatic carbocycles. The second kappa shape index (κ2) is 16.2. The van der Waals surface area contributed by atoms with E-state index in [0.29, 0.717) is 37.7 Å². The number of carbonyl (C=O) groups excluding carboxylic acids is 3. The van der Waals surface area contributed by atoms with Crippen molar-refractivity contribution in [2.45, 2.75) is 26.4 Å². The van der Waals surface area contributed by atoms with Crippen LogP contribution in [0.15, 0.2) is 53.6 Å². The molecule has 3 N–H and O–H groups in total. The standard InChI is InChI=1S/C30H42N8O3.Yb/c1-22(2)33-34-27(15-16-37(6)26-13-9-24(10-14-26)29(40)35(3)4)28(39)31-21-23-7-11-25(12-8-23)32-30(41)38-19-17-36(5)18-20-38;/h7-14,22,33H,16-21H2,1-6H3,(H,31,39)(H,32,41);/b34-27+;. The summed E-state index contributed by atoms with van der Waals surface area (Å²) in [6.07, 6.45) is 0. The van der Waals surface area contributed by atoms with E-state index >= 15 is 0 Å². The molecule has 0 spiro atoms. The fourth-order valence-electron chi connectivity index (χ4n) is 4.06. The number of nitrogens with one attached hydrogen (secondary N) is 3. The van der Waals surface area contributed by atoms with Gasteiger partial charge in [0.25, 0.3) is 0 Å². The molecule has 1 heterocycles. The molecule has 1 aliphatic rings. The van der Waals surface area contributed by atoms with Crippen molar-refractivity contribution in [2.75, 3.05) is 71.1 Å². The van der Waals surface area contributed by atoms with Gasteiger partial charge in [0.15, 0.2) is 0 Å². The Morgan fingerprint density at radius 1 is 0.952 bits per heavy atom. The van der Waals surface area contributed by atoms with Gasteiger partial charge in [0.2, 0.25) is 0 Å². The first-order valence-electron chi connectivity index (χ1n) is 13.9. The van der Waals surface area contributed by atoms with Crippen molar-refractivity contribution in [2.24, 2.45) is 5.10 Å². The third-order valence-corrected chi connectivity index (χ3v) is 7.33. The number of hydrazone groups is 1. The average molecular weight is 736 g/mol. The van der Waals surface area contributed by atoms with E-state index < -0.39 is 0 Å². The fraction of sp³-hybridized carbons (Fsp3) is 0.433. The summed E-state index contributed by atoms with van der Waals surface area (Å²) in [6, 6.07) is 14.7. The third-order valence-electron chi connectivity index (χ3n) is 6.65. The van der Waals surface area contributed by atoms with Crippen molar-refractivity contribution in [3.63, 3.8) is 0 Å². The molecule has 0 saturated carbocycles. The van der Waals surface area contributed by atoms with Crippen molar-refractivity contribution < 1.29 is 58.5 Å². The number of hydrogen-bond acceptors (Lipinski definition) is 7. The summed E-state index contributed by atoms with van der Waals surface area (Å²) in [5, 5.41) is 10.3. The zero-order valence-electron chi connectivity index (χ0n) is 25.2. The minimum absolute atomic E-state index is 0.0482. The fourth-order valence-corrected chi connectivity index (χ4v) is 4.76. The zero-order valence-corrected chi connectivity index (χ0v) is 26.9. The molecule has 1 fully saturated rings. The first kappa shape index (κ1) is 33.8. The van der Waals surface area contributed by atoms with Gasteiger partial charge in [0.05, 0.1) is 0 Å². The summed E-state index contributed by atoms with van der Waals surface area (Å²) in [5.41, 5.74) is 6.34. The van der Waals surface area contributed by atoms with Crippen LogP contribution in [0.2, 0.25) is 0 Å². The molecule has 4 amide bonds. The van der Waals surface area contributed by atoms with E-state index in [1.165, 1.54) is 4.90 Å². The van der Waals surface area contributed by atoms with E-state index in [0.717, 1.165) is 24.3 Å². The molecule has 0 radical (unpaired) electrons. The number of amides is 4. The molecule has 11 nitrogen and oxygen atoms in total. The number of carbonyl (C=O) groups is 3. The number of urea groups is 1. The molecule has 12 heteroatoms. The quantitative estimate of drug-likeness (QED) is 0.241. The molecule has 3 rings (SSSR count). The van der Waals surface area contributed by atoms with Gasteiger partial charge in [-0.05, 0) is 7.05 Å². The summed E-state index contributed by atoms with van der Waals surface area (Å²) in [5.74, 6) is -0.378. The van der Waals surface area contributed by atoms with Crippen LogP contribution in [-0.4, -0.2) is 105 Å². The molecule has 1 aliphatic heterocycles. The van der Waals surface area contributed by atoms with Gasteiger partial charge >= 0.3 is 243 Å². The first-order valence-corrected chi connectivity index (χ1v) is 14.7. The molecule has 0 aliphatic carbocycles. The van der Waals surface area contributed by atoms with Crippen molar-refractivity contribution in [3.8, 4) is 0 Å². The second-order valence-electron chi connectivity index (χ2n) is 10.8. The summed E-state index contributed by atoms with van der Waals surface area (Å²) in [6.45, 7) is 7.73. The Kier molecular flexibility index (Phi) is 13.0. The van der Waals surface area contributed by atoms with E-state index in [-0.39, 0.29) is 29.6 Å². The normalized spacial score (nSPS) is 13.9. The number of nitrogens with zero attached hydrogens (tertiary/aromatic N) is 5. The molecule has 0 bridgehead atoms. The van der Waals surface area contributed by atoms with Crippen LogP contribution in [-0.2, 0) is 11.3 Å². The van der Waals surface area contributed by atoms with Crippen LogP contribution >= 0.6 is 0 Å². The van der Waals surface area contributed by atoms with Gasteiger partial charge in [-0.1, -0.05) is 0 Å². The molecular weight excluding hydrogens is 693 g/mol. The van der Waals surface area contributed by atoms with E-state index in [9.17, 15) is 14.4 Å². The van der Waals surface area contributed by atoms with Gasteiger partial charge in [-0.25, -0.2) is 0 Å². The number of benzene rings is 2. The zero-order chi connectivity index (χ0) is 30.8. The Morgan fingerprint density at radius 3 is 2.14 bits per heavy atom. The molecule has 0 unspecified atom stereocenters. The predicted molar refractivity (Wildman–Crippen MR) is 165 cm³/mol. The second-order valence-corrected chi connectivity index (χ2v) is 11.8. The van der Waals surface area contributed by atoms with Gasteiger partial charge in [0, 0.05) is 26.2 Å². The van der Waals surface area contributed by atoms with E-state index in [1.54, 1.807) is 26.2 Å². The SMILES string of the molecule is CC(C)N/N=C(/C(=O)NCc1ccc(NC(=O)N2CCN(C)CC2)cc1)[C](=[Yb])CN(C)c1ccc(C(=O)N(C)C)cc1. The Hall–Kier alpha value is -2.73. The maximum absolute atomic E-state index is 13.2. The topological polar surface area (TPSA) is 113 Å². The number of piperazine rings is 1. The molecule has 1 saturated heterocycles. The summed E-state index contributed by atoms with van der Waals surface area (Å²) < 4.78 is 0.651. The van der Waals surface area contributed by atoms with Crippen LogP contribution in [0.25, 0.3) is 0 Å². The summed E-state index contributed by atoms with van der Waals surface area (Å²) >= 11 is 3.14. The van der Waals surface area contributed by atoms with Gasteiger partial charge in [-0.2, -0.15) is 0 Å². The van der Waals surface area contributed by atoms with Crippen molar-refractivity contribution >= 4 is 35.2 Å². The summed E-state index contributed by atoms with van der Waals surface area (Å²) in [4.78, 5) is 45.5. The van der Waals surface area contributed by atoms with Crippen LogP contribution in [0.4, 0.5) is 16.2 Å². The summed E-state index contributed by atoms with van der Waals surface area (Å²) in [7, 11) is 7.40. The van der Waals surface area contributed by atoms with Gasteiger partial charge in [-0.3, -0.25) is 0 Å². The van der Waals surface area contributed by atoms with Crippen molar-refractivity contribution in [1.82, 2.24) is 25.4 Å². The predicted octanol–water partition coefficient (Wildman–Crippen LogP) is 2.00. The number of anilines is 2. The first-order chi connectivity index (χ1) is 19.9. The molecule has 2 aromatic rings. The molecule has 234 valence electrons. The van der Waals surface area contributed by atoms with Crippen LogP contribution in [0, 0.1) is 44.1 Å². The number of rotatable bonds is 11. The third kappa shape index (κ3) is 10.2. The Labute approximate surface area is 279 Å². The van der Waals surface area contributed by atoms with Crippen LogP contribution in [0.1, 0.15) is 29.8 Å². The van der Waals surface area contributed by atoms with Crippen LogP contribution < -0.4 is 21.0 Å². The minimum atomic E-state index is -0.319. The Bertz CT molecular complexity index is 1270. The van der Waals surface area contributed by atoms with Gasteiger partial charge < -0.3 is 4.90 Å². The maximum atomic E-state index is 13.2. The van der Waals surface area contributed by atoms with Crippen LogP contribution in [0.5, 0.6) is 0 Å². The average Bonchev–Trinajstić information content (AvgIpc) is 2.96. The Balaban J connectivity index is 1.58. The number of hydrogen-bond donors (Lipinski definition) is 3. The van der Waals surface area contributed by atoms with Crippen LogP contribution in [0.3, 0.4) is 0 Å². The Morgan fingerprint density at radius 2 is 1.57 bits per heavy atom.